The highest BCUT2D eigenvalue weighted by atomic mass is 16.5. The normalized spacial score (nSPS) is 12.9. The van der Waals surface area contributed by atoms with Gasteiger partial charge in [-0.25, -0.2) is 0 Å². The average Bonchev–Trinajstić information content (AvgIpc) is 2.72. The summed E-state index contributed by atoms with van der Waals surface area (Å²) < 4.78 is 7.28. The highest BCUT2D eigenvalue weighted by Crippen LogP contribution is 2.05. The minimum atomic E-state index is 0.491. The molecule has 0 aliphatic carbocycles. The lowest BCUT2D eigenvalue weighted by molar-refractivity contribution is 0.136. The zero-order valence-electron chi connectivity index (χ0n) is 11.3. The van der Waals surface area contributed by atoms with Gasteiger partial charge in [-0.2, -0.15) is 5.10 Å². The Kier molecular flexibility index (Phi) is 6.89. The largest absolute Gasteiger partial charge is 0.382 e. The first-order valence-corrected chi connectivity index (χ1v) is 6.54. The Morgan fingerprint density at radius 3 is 2.88 bits per heavy atom. The van der Waals surface area contributed by atoms with Gasteiger partial charge in [-0.05, 0) is 38.3 Å². The van der Waals surface area contributed by atoms with Gasteiger partial charge in [0.25, 0.3) is 0 Å². The van der Waals surface area contributed by atoms with Crippen LogP contribution in [0.2, 0.25) is 0 Å². The van der Waals surface area contributed by atoms with Crippen molar-refractivity contribution in [1.82, 2.24) is 15.1 Å². The van der Waals surface area contributed by atoms with Crippen molar-refractivity contribution in [3.63, 3.8) is 0 Å². The molecule has 1 heterocycles. The molecule has 1 aromatic heterocycles. The molecule has 1 atom stereocenters. The summed E-state index contributed by atoms with van der Waals surface area (Å²) in [5.74, 6) is 0. The van der Waals surface area contributed by atoms with Crippen LogP contribution in [0, 0.1) is 0 Å². The molecule has 1 N–H and O–H groups in total. The molecule has 0 aromatic carbocycles. The third-order valence-electron chi connectivity index (χ3n) is 2.74. The van der Waals surface area contributed by atoms with Crippen LogP contribution in [0.3, 0.4) is 0 Å². The van der Waals surface area contributed by atoms with Gasteiger partial charge in [0.15, 0.2) is 0 Å². The van der Waals surface area contributed by atoms with Gasteiger partial charge in [0, 0.05) is 32.5 Å². The van der Waals surface area contributed by atoms with Crippen LogP contribution in [0.25, 0.3) is 0 Å². The molecule has 1 rings (SSSR count). The molecule has 4 nitrogen and oxygen atoms in total. The number of nitrogens with one attached hydrogen (secondary N) is 1. The van der Waals surface area contributed by atoms with Crippen LogP contribution in [-0.4, -0.2) is 35.6 Å². The van der Waals surface area contributed by atoms with E-state index in [1.54, 1.807) is 0 Å². The summed E-state index contributed by atoms with van der Waals surface area (Å²) in [6, 6.07) is 0.491. The van der Waals surface area contributed by atoms with E-state index in [0.717, 1.165) is 39.0 Å². The zero-order valence-corrected chi connectivity index (χ0v) is 11.3. The summed E-state index contributed by atoms with van der Waals surface area (Å²) in [6.45, 7) is 6.93. The second-order valence-corrected chi connectivity index (χ2v) is 4.36. The number of aryl methyl sites for hydroxylation is 1. The first kappa shape index (κ1) is 14.2. The summed E-state index contributed by atoms with van der Waals surface area (Å²) >= 11 is 0. The quantitative estimate of drug-likeness (QED) is 0.667. The fraction of sp³-hybridized carbons (Fsp3) is 0.769. The molecule has 0 bridgehead atoms. The number of nitrogens with zero attached hydrogens (tertiary/aromatic N) is 2. The van der Waals surface area contributed by atoms with Crippen molar-refractivity contribution in [1.29, 1.82) is 0 Å². The Hall–Kier alpha value is -0.870. The molecule has 0 saturated heterocycles. The third-order valence-corrected chi connectivity index (χ3v) is 2.74. The number of hydrogen-bond donors (Lipinski definition) is 1. The Labute approximate surface area is 104 Å². The second-order valence-electron chi connectivity index (χ2n) is 4.36. The van der Waals surface area contributed by atoms with Crippen molar-refractivity contribution in [2.75, 3.05) is 19.8 Å². The molecule has 17 heavy (non-hydrogen) atoms. The molecule has 98 valence electrons. The summed E-state index contributed by atoms with van der Waals surface area (Å²) in [5, 5.41) is 7.77. The van der Waals surface area contributed by atoms with E-state index in [2.05, 4.69) is 23.5 Å². The molecule has 0 amide bonds. The van der Waals surface area contributed by atoms with Crippen LogP contribution < -0.4 is 5.32 Å². The number of aromatic nitrogens is 2. The lowest BCUT2D eigenvalue weighted by atomic mass is 10.1. The highest BCUT2D eigenvalue weighted by molar-refractivity contribution is 5.05. The fourth-order valence-electron chi connectivity index (χ4n) is 1.86. The molecule has 0 spiro atoms. The smallest absolute Gasteiger partial charge is 0.0522 e. The molecule has 0 radical (unpaired) electrons. The van der Waals surface area contributed by atoms with E-state index in [1.807, 2.05) is 24.9 Å². The van der Waals surface area contributed by atoms with Crippen LogP contribution in [0.1, 0.15) is 32.3 Å². The molecule has 0 fully saturated rings. The molecular formula is C13H25N3O. The van der Waals surface area contributed by atoms with E-state index in [9.17, 15) is 0 Å². The molecule has 1 aromatic rings. The van der Waals surface area contributed by atoms with Crippen LogP contribution in [-0.2, 0) is 18.2 Å². The van der Waals surface area contributed by atoms with E-state index >= 15 is 0 Å². The maximum absolute atomic E-state index is 5.43. The van der Waals surface area contributed by atoms with Crippen molar-refractivity contribution in [3.05, 3.63) is 18.0 Å². The third kappa shape index (κ3) is 5.84. The Bertz CT molecular complexity index is 299. The number of ether oxygens (including phenoxy) is 1. The van der Waals surface area contributed by atoms with Gasteiger partial charge in [-0.1, -0.05) is 6.92 Å². The van der Waals surface area contributed by atoms with Gasteiger partial charge < -0.3 is 10.1 Å². The van der Waals surface area contributed by atoms with E-state index in [1.165, 1.54) is 5.56 Å². The van der Waals surface area contributed by atoms with Crippen LogP contribution in [0.5, 0.6) is 0 Å². The summed E-state index contributed by atoms with van der Waals surface area (Å²) in [5.41, 5.74) is 1.29. The summed E-state index contributed by atoms with van der Waals surface area (Å²) in [4.78, 5) is 0. The van der Waals surface area contributed by atoms with Gasteiger partial charge in [-0.3, -0.25) is 4.68 Å². The van der Waals surface area contributed by atoms with Gasteiger partial charge in [0.2, 0.25) is 0 Å². The van der Waals surface area contributed by atoms with Crippen LogP contribution in [0.4, 0.5) is 0 Å². The first-order valence-electron chi connectivity index (χ1n) is 6.54. The minimum Gasteiger partial charge on any atom is -0.382 e. The van der Waals surface area contributed by atoms with Gasteiger partial charge >= 0.3 is 0 Å². The molecule has 0 saturated carbocycles. The molecule has 4 heteroatoms. The van der Waals surface area contributed by atoms with E-state index in [-0.39, 0.29) is 0 Å². The first-order chi connectivity index (χ1) is 8.26. The van der Waals surface area contributed by atoms with Gasteiger partial charge in [0.1, 0.15) is 0 Å². The molecule has 0 aliphatic heterocycles. The van der Waals surface area contributed by atoms with Crippen LogP contribution >= 0.6 is 0 Å². The Morgan fingerprint density at radius 1 is 1.47 bits per heavy atom. The van der Waals surface area contributed by atoms with E-state index in [4.69, 9.17) is 4.74 Å². The lowest BCUT2D eigenvalue weighted by Gasteiger charge is -2.17. The predicted octanol–water partition coefficient (Wildman–Crippen LogP) is 1.76. The van der Waals surface area contributed by atoms with E-state index < -0.39 is 0 Å². The lowest BCUT2D eigenvalue weighted by Crippen LogP contribution is -2.32. The molecule has 0 aliphatic rings. The number of rotatable bonds is 9. The average molecular weight is 239 g/mol. The maximum Gasteiger partial charge on any atom is 0.0522 e. The fourth-order valence-corrected chi connectivity index (χ4v) is 1.86. The predicted molar refractivity (Wildman–Crippen MR) is 70.1 cm³/mol. The van der Waals surface area contributed by atoms with Crippen molar-refractivity contribution < 1.29 is 4.74 Å². The minimum absolute atomic E-state index is 0.491. The molecular weight excluding hydrogens is 214 g/mol. The molecule has 1 unspecified atom stereocenters. The van der Waals surface area contributed by atoms with Gasteiger partial charge in [0.05, 0.1) is 6.20 Å². The Morgan fingerprint density at radius 2 is 2.29 bits per heavy atom. The highest BCUT2D eigenvalue weighted by Gasteiger charge is 2.09. The van der Waals surface area contributed by atoms with Crippen molar-refractivity contribution >= 4 is 0 Å². The van der Waals surface area contributed by atoms with Gasteiger partial charge in [-0.15, -0.1) is 0 Å². The van der Waals surface area contributed by atoms with Crippen molar-refractivity contribution in [2.45, 2.75) is 39.2 Å². The van der Waals surface area contributed by atoms with Crippen molar-refractivity contribution in [2.24, 2.45) is 7.05 Å². The van der Waals surface area contributed by atoms with Crippen LogP contribution in [0.15, 0.2) is 12.4 Å². The van der Waals surface area contributed by atoms with E-state index in [0.29, 0.717) is 6.04 Å². The standard InChI is InChI=1S/C13H25N3O/c1-4-7-14-13(6-8-17-5-2)9-12-10-15-16(3)11-12/h10-11,13-14H,4-9H2,1-3H3. The Balaban J connectivity index is 2.38. The topological polar surface area (TPSA) is 39.1 Å². The number of hydrogen-bond acceptors (Lipinski definition) is 3. The summed E-state index contributed by atoms with van der Waals surface area (Å²) in [7, 11) is 1.96. The maximum atomic E-state index is 5.43. The summed E-state index contributed by atoms with van der Waals surface area (Å²) in [6.07, 6.45) is 7.28. The zero-order chi connectivity index (χ0) is 12.5. The monoisotopic (exact) mass is 239 g/mol. The second kappa shape index (κ2) is 8.25. The SMILES string of the molecule is CCCNC(CCOCC)Cc1cnn(C)c1. The van der Waals surface area contributed by atoms with Crippen molar-refractivity contribution in [3.8, 4) is 0 Å².